The highest BCUT2D eigenvalue weighted by atomic mass is 16.3. The predicted molar refractivity (Wildman–Crippen MR) is 103 cm³/mol. The molecule has 1 unspecified atom stereocenters. The summed E-state index contributed by atoms with van der Waals surface area (Å²) in [5, 5.41) is 15.1. The second kappa shape index (κ2) is 6.60. The molecule has 1 aromatic rings. The fourth-order valence-corrected chi connectivity index (χ4v) is 5.27. The van der Waals surface area contributed by atoms with Crippen LogP contribution in [0.2, 0.25) is 0 Å². The van der Waals surface area contributed by atoms with Crippen LogP contribution in [-0.4, -0.2) is 66.1 Å². The topological polar surface area (TPSA) is 72.9 Å². The van der Waals surface area contributed by atoms with E-state index in [1.54, 1.807) is 37.2 Å². The smallest absolute Gasteiger partial charge is 0.254 e. The van der Waals surface area contributed by atoms with E-state index in [2.05, 4.69) is 5.32 Å². The van der Waals surface area contributed by atoms with Crippen molar-refractivity contribution in [3.63, 3.8) is 0 Å². The minimum Gasteiger partial charge on any atom is -0.387 e. The van der Waals surface area contributed by atoms with E-state index in [9.17, 15) is 14.7 Å². The van der Waals surface area contributed by atoms with Gasteiger partial charge in [-0.05, 0) is 43.5 Å². The van der Waals surface area contributed by atoms with E-state index < -0.39 is 5.60 Å². The summed E-state index contributed by atoms with van der Waals surface area (Å²) in [7, 11) is 3.44. The van der Waals surface area contributed by atoms with E-state index in [1.807, 2.05) is 0 Å². The quantitative estimate of drug-likeness (QED) is 0.847. The monoisotopic (exact) mass is 371 g/mol. The van der Waals surface area contributed by atoms with Crippen LogP contribution >= 0.6 is 0 Å². The number of nitrogens with one attached hydrogen (secondary N) is 1. The third-order valence-electron chi connectivity index (χ3n) is 6.86. The van der Waals surface area contributed by atoms with Gasteiger partial charge in [0.25, 0.3) is 11.8 Å². The summed E-state index contributed by atoms with van der Waals surface area (Å²) in [6.45, 7) is 2.34. The number of nitrogens with zero attached hydrogens (tertiary/aromatic N) is 2. The zero-order valence-corrected chi connectivity index (χ0v) is 16.3. The first-order chi connectivity index (χ1) is 12.9. The van der Waals surface area contributed by atoms with Crippen LogP contribution in [0.15, 0.2) is 18.2 Å². The molecule has 1 aromatic carbocycles. The van der Waals surface area contributed by atoms with Gasteiger partial charge in [-0.1, -0.05) is 18.9 Å². The van der Waals surface area contributed by atoms with Crippen molar-refractivity contribution < 1.29 is 14.7 Å². The van der Waals surface area contributed by atoms with Gasteiger partial charge in [-0.15, -0.1) is 0 Å². The standard InChI is InChI=1S/C21H29N3O3/c1-23(2)18(25)15-6-5-7-16-17(15)12-24(19(16)26)14-21(27)10-11-22-13-20(21)8-3-4-9-20/h5-7,22,27H,3-4,8-14H2,1-2H3. The first kappa shape index (κ1) is 18.4. The van der Waals surface area contributed by atoms with Crippen LogP contribution in [0, 0.1) is 5.41 Å². The van der Waals surface area contributed by atoms with Crippen LogP contribution in [0.25, 0.3) is 0 Å². The highest BCUT2D eigenvalue weighted by molar-refractivity contribution is 6.04. The Morgan fingerprint density at radius 1 is 1.26 bits per heavy atom. The molecular weight excluding hydrogens is 342 g/mol. The zero-order chi connectivity index (χ0) is 19.2. The van der Waals surface area contributed by atoms with Crippen molar-refractivity contribution in [2.45, 2.75) is 44.2 Å². The molecule has 146 valence electrons. The number of β-amino-alcohol motifs (C(OH)–C–C–N with tert-alkyl or cyclic N) is 1. The summed E-state index contributed by atoms with van der Waals surface area (Å²) >= 11 is 0. The fraction of sp³-hybridized carbons (Fsp3) is 0.619. The minimum atomic E-state index is -0.863. The zero-order valence-electron chi connectivity index (χ0n) is 16.3. The molecule has 1 saturated heterocycles. The summed E-state index contributed by atoms with van der Waals surface area (Å²) in [4.78, 5) is 28.8. The van der Waals surface area contributed by atoms with Crippen molar-refractivity contribution in [3.05, 3.63) is 34.9 Å². The van der Waals surface area contributed by atoms with Gasteiger partial charge in [0.2, 0.25) is 0 Å². The van der Waals surface area contributed by atoms with Crippen LogP contribution in [0.5, 0.6) is 0 Å². The number of hydrogen-bond acceptors (Lipinski definition) is 4. The maximum absolute atomic E-state index is 13.0. The van der Waals surface area contributed by atoms with Crippen LogP contribution in [0.3, 0.4) is 0 Å². The molecule has 0 bridgehead atoms. The maximum atomic E-state index is 13.0. The maximum Gasteiger partial charge on any atom is 0.254 e. The molecule has 6 nitrogen and oxygen atoms in total. The van der Waals surface area contributed by atoms with E-state index in [1.165, 1.54) is 4.90 Å². The van der Waals surface area contributed by atoms with Gasteiger partial charge in [0, 0.05) is 43.7 Å². The number of piperidine rings is 1. The Bertz CT molecular complexity index is 770. The third-order valence-corrected chi connectivity index (χ3v) is 6.86. The van der Waals surface area contributed by atoms with Crippen molar-refractivity contribution >= 4 is 11.8 Å². The number of hydrogen-bond donors (Lipinski definition) is 2. The Balaban J connectivity index is 1.62. The molecule has 6 heteroatoms. The van der Waals surface area contributed by atoms with Crippen LogP contribution in [0.4, 0.5) is 0 Å². The van der Waals surface area contributed by atoms with E-state index in [4.69, 9.17) is 0 Å². The molecule has 2 aliphatic heterocycles. The molecule has 27 heavy (non-hydrogen) atoms. The number of amides is 2. The predicted octanol–water partition coefficient (Wildman–Crippen LogP) is 1.63. The lowest BCUT2D eigenvalue weighted by Crippen LogP contribution is -2.62. The average molecular weight is 371 g/mol. The lowest BCUT2D eigenvalue weighted by molar-refractivity contribution is -0.115. The van der Waals surface area contributed by atoms with E-state index >= 15 is 0 Å². The number of aliphatic hydroxyl groups is 1. The Kier molecular flexibility index (Phi) is 4.51. The average Bonchev–Trinajstić information content (AvgIpc) is 3.24. The lowest BCUT2D eigenvalue weighted by Gasteiger charge is -2.50. The highest BCUT2D eigenvalue weighted by Gasteiger charge is 2.54. The van der Waals surface area contributed by atoms with Gasteiger partial charge in [0.05, 0.1) is 12.1 Å². The molecule has 1 aliphatic carbocycles. The molecule has 2 amide bonds. The SMILES string of the molecule is CN(C)C(=O)c1cccc2c1CN(CC1(O)CCNCC13CCCC3)C2=O. The number of benzene rings is 1. The second-order valence-corrected chi connectivity index (χ2v) is 8.64. The minimum absolute atomic E-state index is 0.0708. The number of fused-ring (bicyclic) bond motifs is 1. The van der Waals surface area contributed by atoms with Crippen molar-refractivity contribution in [2.75, 3.05) is 33.7 Å². The van der Waals surface area contributed by atoms with Crippen molar-refractivity contribution in [1.82, 2.24) is 15.1 Å². The first-order valence-corrected chi connectivity index (χ1v) is 9.93. The number of carbonyl (C=O) groups is 2. The summed E-state index contributed by atoms with van der Waals surface area (Å²) in [5.74, 6) is -0.159. The molecule has 2 heterocycles. The first-order valence-electron chi connectivity index (χ1n) is 9.93. The molecule has 4 rings (SSSR count). The Morgan fingerprint density at radius 3 is 2.70 bits per heavy atom. The summed E-state index contributed by atoms with van der Waals surface area (Å²) < 4.78 is 0. The molecule has 1 atom stereocenters. The van der Waals surface area contributed by atoms with Crippen molar-refractivity contribution in [1.29, 1.82) is 0 Å². The van der Waals surface area contributed by atoms with Gasteiger partial charge < -0.3 is 20.2 Å². The summed E-state index contributed by atoms with van der Waals surface area (Å²) in [6, 6.07) is 5.35. The lowest BCUT2D eigenvalue weighted by atomic mass is 9.66. The molecular formula is C21H29N3O3. The Hall–Kier alpha value is -1.92. The Morgan fingerprint density at radius 2 is 2.00 bits per heavy atom. The van der Waals surface area contributed by atoms with Crippen LogP contribution in [-0.2, 0) is 6.54 Å². The van der Waals surface area contributed by atoms with E-state index in [-0.39, 0.29) is 17.2 Å². The van der Waals surface area contributed by atoms with Crippen LogP contribution in [0.1, 0.15) is 58.4 Å². The largest absolute Gasteiger partial charge is 0.387 e. The molecule has 3 aliphatic rings. The normalized spacial score (nSPS) is 26.5. The molecule has 1 spiro atoms. The van der Waals surface area contributed by atoms with Crippen LogP contribution < -0.4 is 5.32 Å². The second-order valence-electron chi connectivity index (χ2n) is 8.64. The number of carbonyl (C=O) groups excluding carboxylic acids is 2. The van der Waals surface area contributed by atoms with Gasteiger partial charge in [0.1, 0.15) is 0 Å². The van der Waals surface area contributed by atoms with Gasteiger partial charge in [-0.3, -0.25) is 9.59 Å². The van der Waals surface area contributed by atoms with Gasteiger partial charge in [0.15, 0.2) is 0 Å². The molecule has 0 aromatic heterocycles. The van der Waals surface area contributed by atoms with E-state index in [0.717, 1.165) is 44.3 Å². The Labute approximate surface area is 160 Å². The highest BCUT2D eigenvalue weighted by Crippen LogP contribution is 2.50. The van der Waals surface area contributed by atoms with E-state index in [0.29, 0.717) is 30.6 Å². The fourth-order valence-electron chi connectivity index (χ4n) is 5.27. The molecule has 2 N–H and O–H groups in total. The molecule has 0 radical (unpaired) electrons. The van der Waals surface area contributed by atoms with Gasteiger partial charge in [-0.25, -0.2) is 0 Å². The molecule has 2 fully saturated rings. The molecule has 1 saturated carbocycles. The summed E-state index contributed by atoms with van der Waals surface area (Å²) in [6.07, 6.45) is 4.96. The third kappa shape index (κ3) is 2.86. The van der Waals surface area contributed by atoms with Gasteiger partial charge >= 0.3 is 0 Å². The van der Waals surface area contributed by atoms with Crippen molar-refractivity contribution in [2.24, 2.45) is 5.41 Å². The summed E-state index contributed by atoms with van der Waals surface area (Å²) in [5.41, 5.74) is 0.974. The van der Waals surface area contributed by atoms with Gasteiger partial charge in [-0.2, -0.15) is 0 Å². The number of rotatable bonds is 3. The van der Waals surface area contributed by atoms with Crippen molar-refractivity contribution in [3.8, 4) is 0 Å².